The third-order valence-corrected chi connectivity index (χ3v) is 0.400. The monoisotopic (exact) mass is 148 g/mol. The highest BCUT2D eigenvalue weighted by Crippen LogP contribution is 1.77. The Bertz CT molecular complexity index is 116. The zero-order valence-electron chi connectivity index (χ0n) is 5.40. The molecule has 0 aromatic rings. The highest BCUT2D eigenvalue weighted by Gasteiger charge is 1.98. The first-order valence-electron chi connectivity index (χ1n) is 2.33. The number of ketones is 1. The van der Waals surface area contributed by atoms with Gasteiger partial charge in [-0.1, -0.05) is 0 Å². The molecule has 0 heterocycles. The largest absolute Gasteiger partial charge is 0.483 e. The molecule has 0 atom stereocenters. The number of rotatable bonds is 2. The molecule has 58 valence electrons. The van der Waals surface area contributed by atoms with Crippen LogP contribution >= 0.6 is 0 Å². The van der Waals surface area contributed by atoms with Crippen LogP contribution in [0.1, 0.15) is 13.3 Å². The molecule has 0 rings (SSSR count). The topological polar surface area (TPSA) is 91.7 Å². The van der Waals surface area contributed by atoms with Gasteiger partial charge in [0.05, 0.1) is 0 Å². The number of carboxylic acids is 1. The summed E-state index contributed by atoms with van der Waals surface area (Å²) in [6.45, 7) is 0.994. The summed E-state index contributed by atoms with van der Waals surface area (Å²) in [5.74, 6) is -1.37. The second kappa shape index (κ2) is 7.61. The quantitative estimate of drug-likeness (QED) is 0.416. The van der Waals surface area contributed by atoms with Crippen LogP contribution in [-0.4, -0.2) is 28.4 Å². The predicted octanol–water partition coefficient (Wildman–Crippen LogP) is -0.249. The Morgan fingerprint density at radius 3 is 1.80 bits per heavy atom. The maximum absolute atomic E-state index is 9.87. The van der Waals surface area contributed by atoms with E-state index >= 15 is 0 Å². The van der Waals surface area contributed by atoms with Crippen molar-refractivity contribution in [1.82, 2.24) is 0 Å². The van der Waals surface area contributed by atoms with Crippen molar-refractivity contribution in [3.63, 3.8) is 0 Å². The molecule has 0 aliphatic carbocycles. The van der Waals surface area contributed by atoms with Gasteiger partial charge >= 0.3 is 5.97 Å². The SMILES string of the molecule is CC(=O)CC(=O)O.O=CO. The van der Waals surface area contributed by atoms with Crippen LogP contribution in [0.15, 0.2) is 0 Å². The van der Waals surface area contributed by atoms with Gasteiger partial charge in [-0.05, 0) is 6.92 Å². The maximum Gasteiger partial charge on any atom is 0.310 e. The Kier molecular flexibility index (Phi) is 8.68. The van der Waals surface area contributed by atoms with Crippen molar-refractivity contribution in [3.8, 4) is 0 Å². The van der Waals surface area contributed by atoms with Crippen LogP contribution in [0.2, 0.25) is 0 Å². The van der Waals surface area contributed by atoms with E-state index in [1.807, 2.05) is 0 Å². The third kappa shape index (κ3) is 30.5. The van der Waals surface area contributed by atoms with Crippen LogP contribution in [0, 0.1) is 0 Å². The van der Waals surface area contributed by atoms with E-state index in [4.69, 9.17) is 15.0 Å². The molecule has 0 aliphatic heterocycles. The highest BCUT2D eigenvalue weighted by atomic mass is 16.4. The van der Waals surface area contributed by atoms with Gasteiger partial charge < -0.3 is 10.2 Å². The number of hydrogen-bond donors (Lipinski definition) is 2. The first kappa shape index (κ1) is 11.4. The minimum Gasteiger partial charge on any atom is -0.483 e. The number of Topliss-reactive ketones (excluding diaryl/α,β-unsaturated/α-hetero) is 1. The minimum absolute atomic E-state index is 0.250. The zero-order valence-corrected chi connectivity index (χ0v) is 5.40. The molecule has 0 unspecified atom stereocenters. The second-order valence-electron chi connectivity index (χ2n) is 1.38. The van der Waals surface area contributed by atoms with E-state index in [9.17, 15) is 9.59 Å². The lowest BCUT2D eigenvalue weighted by Crippen LogP contribution is -2.00. The Balaban J connectivity index is 0. The van der Waals surface area contributed by atoms with Crippen LogP contribution in [-0.2, 0) is 14.4 Å². The lowest BCUT2D eigenvalue weighted by Gasteiger charge is -1.80. The Morgan fingerprint density at radius 1 is 1.50 bits per heavy atom. The first-order chi connectivity index (χ1) is 4.54. The van der Waals surface area contributed by atoms with Crippen LogP contribution < -0.4 is 0 Å². The summed E-state index contributed by atoms with van der Waals surface area (Å²) in [6, 6.07) is 0. The second-order valence-corrected chi connectivity index (χ2v) is 1.38. The van der Waals surface area contributed by atoms with Gasteiger partial charge in [-0.15, -0.1) is 0 Å². The molecule has 2 N–H and O–H groups in total. The van der Waals surface area contributed by atoms with Crippen molar-refractivity contribution in [2.24, 2.45) is 0 Å². The van der Waals surface area contributed by atoms with Gasteiger partial charge in [-0.25, -0.2) is 0 Å². The minimum atomic E-state index is -1.06. The van der Waals surface area contributed by atoms with Gasteiger partial charge in [0.25, 0.3) is 6.47 Å². The van der Waals surface area contributed by atoms with E-state index in [-0.39, 0.29) is 18.7 Å². The fourth-order valence-corrected chi connectivity index (χ4v) is 0.213. The van der Waals surface area contributed by atoms with Crippen molar-refractivity contribution in [1.29, 1.82) is 0 Å². The van der Waals surface area contributed by atoms with Gasteiger partial charge in [0, 0.05) is 0 Å². The van der Waals surface area contributed by atoms with Crippen LogP contribution in [0.25, 0.3) is 0 Å². The highest BCUT2D eigenvalue weighted by molar-refractivity contribution is 5.93. The van der Waals surface area contributed by atoms with Crippen LogP contribution in [0.3, 0.4) is 0 Å². The Morgan fingerprint density at radius 2 is 1.80 bits per heavy atom. The molecule has 0 bridgehead atoms. The van der Waals surface area contributed by atoms with Crippen LogP contribution in [0.5, 0.6) is 0 Å². The molecule has 0 spiro atoms. The summed E-state index contributed by atoms with van der Waals surface area (Å²) >= 11 is 0. The Labute approximate surface area is 57.3 Å². The summed E-state index contributed by atoms with van der Waals surface area (Å²) in [5.41, 5.74) is 0. The number of aliphatic carboxylic acids is 1. The van der Waals surface area contributed by atoms with E-state index < -0.39 is 5.97 Å². The smallest absolute Gasteiger partial charge is 0.310 e. The first-order valence-corrected chi connectivity index (χ1v) is 2.33. The number of carbonyl (C=O) groups is 3. The molecule has 0 fully saturated rings. The zero-order chi connectivity index (χ0) is 8.57. The van der Waals surface area contributed by atoms with E-state index in [1.54, 1.807) is 0 Å². The molecule has 5 heteroatoms. The van der Waals surface area contributed by atoms with Gasteiger partial charge in [-0.2, -0.15) is 0 Å². The Hall–Kier alpha value is -1.39. The van der Waals surface area contributed by atoms with Crippen molar-refractivity contribution in [2.45, 2.75) is 13.3 Å². The molecular formula is C5H8O5. The van der Waals surface area contributed by atoms with E-state index in [0.29, 0.717) is 0 Å². The van der Waals surface area contributed by atoms with Crippen molar-refractivity contribution in [3.05, 3.63) is 0 Å². The van der Waals surface area contributed by atoms with Gasteiger partial charge in [-0.3, -0.25) is 14.4 Å². The lowest BCUT2D eigenvalue weighted by molar-refractivity contribution is -0.139. The molecule has 0 aliphatic rings. The normalized spacial score (nSPS) is 6.90. The molecule has 10 heavy (non-hydrogen) atoms. The molecular weight excluding hydrogens is 140 g/mol. The fourth-order valence-electron chi connectivity index (χ4n) is 0.213. The van der Waals surface area contributed by atoms with Crippen LogP contribution in [0.4, 0.5) is 0 Å². The summed E-state index contributed by atoms with van der Waals surface area (Å²) < 4.78 is 0. The molecule has 5 nitrogen and oxygen atoms in total. The van der Waals surface area contributed by atoms with Gasteiger partial charge in [0.2, 0.25) is 0 Å². The third-order valence-electron chi connectivity index (χ3n) is 0.400. The van der Waals surface area contributed by atoms with Crippen molar-refractivity contribution >= 4 is 18.2 Å². The summed E-state index contributed by atoms with van der Waals surface area (Å²) in [4.78, 5) is 27.8. The van der Waals surface area contributed by atoms with Crippen molar-refractivity contribution in [2.75, 3.05) is 0 Å². The average molecular weight is 148 g/mol. The molecule has 0 amide bonds. The number of hydrogen-bond acceptors (Lipinski definition) is 3. The fraction of sp³-hybridized carbons (Fsp3) is 0.400. The summed E-state index contributed by atoms with van der Waals surface area (Å²) in [6.07, 6.45) is -0.361. The van der Waals surface area contributed by atoms with E-state index in [2.05, 4.69) is 0 Å². The molecule has 0 radical (unpaired) electrons. The molecule has 0 saturated carbocycles. The van der Waals surface area contributed by atoms with E-state index in [0.717, 1.165) is 0 Å². The van der Waals surface area contributed by atoms with E-state index in [1.165, 1.54) is 6.92 Å². The average Bonchev–Trinajstić information content (AvgIpc) is 1.62. The number of carbonyl (C=O) groups excluding carboxylic acids is 1. The molecule has 0 saturated heterocycles. The lowest BCUT2D eigenvalue weighted by atomic mass is 10.3. The number of carboxylic acid groups (broad SMARTS) is 2. The van der Waals surface area contributed by atoms with Gasteiger partial charge in [0.15, 0.2) is 0 Å². The van der Waals surface area contributed by atoms with Gasteiger partial charge in [0.1, 0.15) is 12.2 Å². The standard InChI is InChI=1S/C4H6O3.CH2O2/c1-3(5)2-4(6)7;2-1-3/h2H2,1H3,(H,6,7);1H,(H,2,3). The molecule has 0 aromatic heterocycles. The maximum atomic E-state index is 9.87. The summed E-state index contributed by atoms with van der Waals surface area (Å²) in [5, 5.41) is 14.8. The van der Waals surface area contributed by atoms with Crippen molar-refractivity contribution < 1.29 is 24.6 Å². The predicted molar refractivity (Wildman–Crippen MR) is 31.6 cm³/mol. The summed E-state index contributed by atoms with van der Waals surface area (Å²) in [7, 11) is 0. The molecule has 0 aromatic carbocycles.